The second-order valence-electron chi connectivity index (χ2n) is 4.43. The van der Waals surface area contributed by atoms with Crippen LogP contribution in [0.4, 0.5) is 9.39 Å². The molecule has 0 aliphatic heterocycles. The molecule has 0 atom stereocenters. The van der Waals surface area contributed by atoms with Crippen LogP contribution in [0.5, 0.6) is 0 Å². The fraction of sp³-hybridized carbons (Fsp3) is 0.308. The number of anilines is 1. The second-order valence-corrected chi connectivity index (χ2v) is 7.00. The quantitative estimate of drug-likeness (QED) is 0.922. The van der Waals surface area contributed by atoms with Crippen LogP contribution in [0.25, 0.3) is 0 Å². The lowest BCUT2D eigenvalue weighted by molar-refractivity contribution is 0.599. The van der Waals surface area contributed by atoms with Gasteiger partial charge in [0, 0.05) is 0 Å². The van der Waals surface area contributed by atoms with Crippen molar-refractivity contribution in [3.63, 3.8) is 0 Å². The van der Waals surface area contributed by atoms with Crippen molar-refractivity contribution in [2.45, 2.75) is 26.0 Å². The van der Waals surface area contributed by atoms with Crippen molar-refractivity contribution in [3.8, 4) is 0 Å². The summed E-state index contributed by atoms with van der Waals surface area (Å²) >= 11 is 1.24. The molecule has 0 radical (unpaired) electrons. The first-order valence-corrected chi connectivity index (χ1v) is 8.62. The molecule has 1 N–H and O–H groups in total. The number of benzene rings is 1. The predicted molar refractivity (Wildman–Crippen MR) is 78.9 cm³/mol. The molecule has 0 fully saturated rings. The van der Waals surface area contributed by atoms with E-state index >= 15 is 0 Å². The van der Waals surface area contributed by atoms with Gasteiger partial charge < -0.3 is 0 Å². The van der Waals surface area contributed by atoms with E-state index in [1.54, 1.807) is 24.6 Å². The predicted octanol–water partition coefficient (Wildman–Crippen LogP) is 3.09. The number of thiazole rings is 1. The lowest BCUT2D eigenvalue weighted by atomic mass is 10.2. The highest BCUT2D eigenvalue weighted by Gasteiger charge is 2.16. The van der Waals surface area contributed by atoms with E-state index in [1.165, 1.54) is 17.4 Å². The van der Waals surface area contributed by atoms with Gasteiger partial charge in [0.05, 0.1) is 17.0 Å². The van der Waals surface area contributed by atoms with Crippen LogP contribution in [-0.4, -0.2) is 13.4 Å². The maximum absolute atomic E-state index is 13.4. The van der Waals surface area contributed by atoms with E-state index in [0.29, 0.717) is 28.2 Å². The van der Waals surface area contributed by atoms with E-state index in [-0.39, 0.29) is 5.75 Å². The van der Waals surface area contributed by atoms with Crippen molar-refractivity contribution in [2.75, 3.05) is 4.72 Å². The van der Waals surface area contributed by atoms with Crippen LogP contribution in [0, 0.1) is 12.7 Å². The van der Waals surface area contributed by atoms with Gasteiger partial charge in [-0.05, 0) is 30.5 Å². The lowest BCUT2D eigenvalue weighted by Gasteiger charge is -2.08. The monoisotopic (exact) mass is 314 g/mol. The van der Waals surface area contributed by atoms with Gasteiger partial charge in [0.25, 0.3) is 0 Å². The van der Waals surface area contributed by atoms with Crippen LogP contribution < -0.4 is 4.72 Å². The number of aromatic nitrogens is 1. The van der Waals surface area contributed by atoms with Crippen molar-refractivity contribution < 1.29 is 12.8 Å². The molecule has 1 heterocycles. The minimum absolute atomic E-state index is 0.259. The first-order chi connectivity index (χ1) is 9.41. The molecule has 2 rings (SSSR count). The Bertz CT molecular complexity index is 711. The lowest BCUT2D eigenvalue weighted by Crippen LogP contribution is -2.15. The number of sulfonamides is 1. The summed E-state index contributed by atoms with van der Waals surface area (Å²) in [6, 6.07) is 4.44. The maximum Gasteiger partial charge on any atom is 0.237 e. The third-order valence-electron chi connectivity index (χ3n) is 2.82. The van der Waals surface area contributed by atoms with Crippen LogP contribution in [0.15, 0.2) is 23.7 Å². The molecule has 4 nitrogen and oxygen atoms in total. The van der Waals surface area contributed by atoms with Crippen LogP contribution in [0.3, 0.4) is 0 Å². The molecule has 0 bridgehead atoms. The largest absolute Gasteiger partial charge is 0.273 e. The Kier molecular flexibility index (Phi) is 4.39. The zero-order valence-corrected chi connectivity index (χ0v) is 12.8. The molecular weight excluding hydrogens is 299 g/mol. The normalized spacial score (nSPS) is 11.6. The summed E-state index contributed by atoms with van der Waals surface area (Å²) in [6.07, 6.45) is 0.653. The second kappa shape index (κ2) is 5.88. The summed E-state index contributed by atoms with van der Waals surface area (Å²) in [5.74, 6) is -0.657. The average Bonchev–Trinajstić information content (AvgIpc) is 2.80. The Hall–Kier alpha value is -1.47. The van der Waals surface area contributed by atoms with Gasteiger partial charge in [-0.3, -0.25) is 4.72 Å². The molecule has 0 saturated carbocycles. The fourth-order valence-corrected chi connectivity index (χ4v) is 4.01. The molecule has 0 saturated heterocycles. The highest BCUT2D eigenvalue weighted by Crippen LogP contribution is 2.23. The number of rotatable bonds is 5. The zero-order valence-electron chi connectivity index (χ0n) is 11.2. The van der Waals surface area contributed by atoms with Gasteiger partial charge in [-0.15, -0.1) is 11.3 Å². The van der Waals surface area contributed by atoms with Gasteiger partial charge in [0.15, 0.2) is 0 Å². The third kappa shape index (κ3) is 3.55. The van der Waals surface area contributed by atoms with Gasteiger partial charge in [-0.25, -0.2) is 17.8 Å². The molecule has 1 aromatic carbocycles. The van der Waals surface area contributed by atoms with E-state index in [1.807, 2.05) is 6.92 Å². The van der Waals surface area contributed by atoms with Crippen LogP contribution in [0.1, 0.15) is 23.7 Å². The number of hydrogen-bond acceptors (Lipinski definition) is 4. The highest BCUT2D eigenvalue weighted by atomic mass is 32.2. The van der Waals surface area contributed by atoms with Crippen LogP contribution >= 0.6 is 11.3 Å². The third-order valence-corrected chi connectivity index (χ3v) is 4.96. The molecular formula is C13H15FN2O2S2. The maximum atomic E-state index is 13.4. The molecule has 0 spiro atoms. The number of aryl methyl sites for hydroxylation is 2. The van der Waals surface area contributed by atoms with Crippen molar-refractivity contribution >= 4 is 26.4 Å². The van der Waals surface area contributed by atoms with E-state index in [0.717, 1.165) is 0 Å². The van der Waals surface area contributed by atoms with Gasteiger partial charge in [0.1, 0.15) is 10.8 Å². The Morgan fingerprint density at radius 2 is 2.15 bits per heavy atom. The van der Waals surface area contributed by atoms with E-state index in [4.69, 9.17) is 0 Å². The summed E-state index contributed by atoms with van der Waals surface area (Å²) in [7, 11) is -3.57. The molecule has 1 aromatic heterocycles. The number of halogens is 1. The van der Waals surface area contributed by atoms with Crippen LogP contribution in [0.2, 0.25) is 0 Å². The molecule has 0 unspecified atom stereocenters. The van der Waals surface area contributed by atoms with E-state index < -0.39 is 15.8 Å². The smallest absolute Gasteiger partial charge is 0.237 e. The van der Waals surface area contributed by atoms with E-state index in [9.17, 15) is 12.8 Å². The van der Waals surface area contributed by atoms with E-state index in [2.05, 4.69) is 9.71 Å². The van der Waals surface area contributed by atoms with Gasteiger partial charge in [-0.2, -0.15) is 0 Å². The number of nitrogens with one attached hydrogen (secondary N) is 1. The average molecular weight is 314 g/mol. The van der Waals surface area contributed by atoms with Crippen molar-refractivity contribution in [1.29, 1.82) is 0 Å². The zero-order chi connectivity index (χ0) is 14.8. The SMILES string of the molecule is CCc1ncsc1NS(=O)(=O)Cc1ccc(C)c(F)c1. The Balaban J connectivity index is 2.17. The number of hydrogen-bond donors (Lipinski definition) is 1. The summed E-state index contributed by atoms with van der Waals surface area (Å²) in [4.78, 5) is 4.08. The molecule has 0 amide bonds. The first-order valence-electron chi connectivity index (χ1n) is 6.09. The molecule has 2 aromatic rings. The van der Waals surface area contributed by atoms with Crippen molar-refractivity contribution in [1.82, 2.24) is 4.98 Å². The summed E-state index contributed by atoms with van der Waals surface area (Å²) < 4.78 is 40.1. The fourth-order valence-electron chi connectivity index (χ4n) is 1.73. The summed E-state index contributed by atoms with van der Waals surface area (Å²) in [6.45, 7) is 3.54. The molecule has 0 aliphatic rings. The Labute approximate surface area is 121 Å². The Morgan fingerprint density at radius 3 is 2.80 bits per heavy atom. The van der Waals surface area contributed by atoms with Crippen molar-refractivity contribution in [3.05, 3.63) is 46.3 Å². The summed E-state index contributed by atoms with van der Waals surface area (Å²) in [5.41, 5.74) is 3.23. The molecule has 108 valence electrons. The highest BCUT2D eigenvalue weighted by molar-refractivity contribution is 7.92. The molecule has 7 heteroatoms. The van der Waals surface area contributed by atoms with Gasteiger partial charge >= 0.3 is 0 Å². The topological polar surface area (TPSA) is 59.1 Å². The standard InChI is InChI=1S/C13H15FN2O2S2/c1-3-12-13(19-8-15-12)16-20(17,18)7-10-5-4-9(2)11(14)6-10/h4-6,8,16H,3,7H2,1-2H3. The van der Waals surface area contributed by atoms with Gasteiger partial charge in [0.2, 0.25) is 10.0 Å². The number of nitrogens with zero attached hydrogens (tertiary/aromatic N) is 1. The van der Waals surface area contributed by atoms with Gasteiger partial charge in [-0.1, -0.05) is 19.1 Å². The minimum Gasteiger partial charge on any atom is -0.273 e. The summed E-state index contributed by atoms with van der Waals surface area (Å²) in [5, 5.41) is 0.528. The molecule has 0 aliphatic carbocycles. The Morgan fingerprint density at radius 1 is 1.40 bits per heavy atom. The molecule has 20 heavy (non-hydrogen) atoms. The van der Waals surface area contributed by atoms with Crippen LogP contribution in [-0.2, 0) is 22.2 Å². The van der Waals surface area contributed by atoms with Crippen molar-refractivity contribution in [2.24, 2.45) is 0 Å². The minimum atomic E-state index is -3.57. The first kappa shape index (κ1) is 14.9.